The number of ether oxygens (including phenoxy) is 2. The van der Waals surface area contributed by atoms with Gasteiger partial charge in [-0.25, -0.2) is 0 Å². The summed E-state index contributed by atoms with van der Waals surface area (Å²) < 4.78 is 34.2. The van der Waals surface area contributed by atoms with Crippen molar-refractivity contribution in [2.75, 3.05) is 13.2 Å². The van der Waals surface area contributed by atoms with E-state index in [0.29, 0.717) is 18.7 Å². The van der Waals surface area contributed by atoms with Gasteiger partial charge in [-0.3, -0.25) is 0 Å². The molecule has 0 heterocycles. The maximum Gasteiger partial charge on any atom is 0.387 e. The highest BCUT2D eigenvalue weighted by atomic mass is 19.3. The van der Waals surface area contributed by atoms with Crippen LogP contribution in [-0.4, -0.2) is 24.9 Å². The van der Waals surface area contributed by atoms with E-state index < -0.39 is 12.7 Å². The zero-order valence-electron chi connectivity index (χ0n) is 11.7. The second kappa shape index (κ2) is 8.01. The molecule has 6 heteroatoms. The quantitative estimate of drug-likeness (QED) is 0.772. The molecular weight excluding hydrogens is 268 g/mol. The zero-order valence-corrected chi connectivity index (χ0v) is 11.7. The molecule has 0 aliphatic carbocycles. The van der Waals surface area contributed by atoms with E-state index in [9.17, 15) is 13.9 Å². The molecule has 20 heavy (non-hydrogen) atoms. The van der Waals surface area contributed by atoms with Crippen LogP contribution in [0.4, 0.5) is 8.78 Å². The Kier molecular flexibility index (Phi) is 6.67. The topological polar surface area (TPSA) is 64.7 Å². The lowest BCUT2D eigenvalue weighted by atomic mass is 9.93. The summed E-state index contributed by atoms with van der Waals surface area (Å²) in [6.45, 7) is 1.41. The molecule has 0 bridgehead atoms. The summed E-state index contributed by atoms with van der Waals surface area (Å²) in [4.78, 5) is 0. The number of nitrogens with two attached hydrogens (primary N) is 1. The third-order valence-electron chi connectivity index (χ3n) is 3.10. The number of aliphatic hydroxyl groups is 1. The average Bonchev–Trinajstić information content (AvgIpc) is 2.41. The molecule has 1 aromatic carbocycles. The number of rotatable bonds is 8. The Labute approximate surface area is 117 Å². The lowest BCUT2D eigenvalue weighted by Gasteiger charge is -2.21. The van der Waals surface area contributed by atoms with E-state index in [-0.39, 0.29) is 17.4 Å². The first-order valence-corrected chi connectivity index (χ1v) is 6.63. The molecule has 2 atom stereocenters. The van der Waals surface area contributed by atoms with Gasteiger partial charge in [-0.2, -0.15) is 8.78 Å². The highest BCUT2D eigenvalue weighted by molar-refractivity contribution is 5.43. The molecule has 1 rings (SSSR count). The second-order valence-corrected chi connectivity index (χ2v) is 4.37. The Bertz CT molecular complexity index is 411. The molecule has 114 valence electrons. The third kappa shape index (κ3) is 4.31. The monoisotopic (exact) mass is 289 g/mol. The van der Waals surface area contributed by atoms with Crippen molar-refractivity contribution >= 4 is 0 Å². The van der Waals surface area contributed by atoms with Crippen LogP contribution in [0.5, 0.6) is 11.5 Å². The first-order chi connectivity index (χ1) is 9.53. The van der Waals surface area contributed by atoms with Gasteiger partial charge < -0.3 is 20.3 Å². The fourth-order valence-corrected chi connectivity index (χ4v) is 1.96. The number of benzene rings is 1. The van der Waals surface area contributed by atoms with E-state index in [1.54, 1.807) is 13.0 Å². The van der Waals surface area contributed by atoms with Gasteiger partial charge in [0.25, 0.3) is 0 Å². The molecule has 0 aromatic heterocycles. The average molecular weight is 289 g/mol. The van der Waals surface area contributed by atoms with E-state index in [1.165, 1.54) is 12.1 Å². The molecule has 2 unspecified atom stereocenters. The number of aliphatic hydroxyl groups excluding tert-OH is 1. The van der Waals surface area contributed by atoms with Crippen LogP contribution in [-0.2, 0) is 0 Å². The highest BCUT2D eigenvalue weighted by Gasteiger charge is 2.20. The lowest BCUT2D eigenvalue weighted by Crippen LogP contribution is -2.21. The van der Waals surface area contributed by atoms with Crippen molar-refractivity contribution in [2.45, 2.75) is 33.0 Å². The van der Waals surface area contributed by atoms with Gasteiger partial charge in [0.1, 0.15) is 0 Å². The summed E-state index contributed by atoms with van der Waals surface area (Å²) in [6, 6.07) is 4.44. The summed E-state index contributed by atoms with van der Waals surface area (Å²) in [7, 11) is 0. The molecule has 1 aromatic rings. The van der Waals surface area contributed by atoms with Crippen molar-refractivity contribution < 1.29 is 23.4 Å². The summed E-state index contributed by atoms with van der Waals surface area (Å²) >= 11 is 0. The van der Waals surface area contributed by atoms with Gasteiger partial charge in [0.15, 0.2) is 11.5 Å². The third-order valence-corrected chi connectivity index (χ3v) is 3.10. The minimum atomic E-state index is -2.92. The van der Waals surface area contributed by atoms with Gasteiger partial charge in [0.2, 0.25) is 0 Å². The predicted octanol–water partition coefficient (Wildman–Crippen LogP) is 2.71. The van der Waals surface area contributed by atoms with Crippen molar-refractivity contribution in [1.29, 1.82) is 0 Å². The smallest absolute Gasteiger partial charge is 0.387 e. The maximum atomic E-state index is 12.3. The molecular formula is C14H21F2NO3. The largest absolute Gasteiger partial charge is 0.490 e. The summed E-state index contributed by atoms with van der Waals surface area (Å²) in [6.07, 6.45) is -0.0403. The zero-order chi connectivity index (χ0) is 15.1. The molecule has 3 N–H and O–H groups in total. The van der Waals surface area contributed by atoms with Crippen molar-refractivity contribution in [3.8, 4) is 11.5 Å². The van der Waals surface area contributed by atoms with Crippen LogP contribution < -0.4 is 15.2 Å². The van der Waals surface area contributed by atoms with Crippen molar-refractivity contribution in [3.63, 3.8) is 0 Å². The molecule has 0 spiro atoms. The second-order valence-electron chi connectivity index (χ2n) is 4.37. The molecule has 0 radical (unpaired) electrons. The van der Waals surface area contributed by atoms with Crippen LogP contribution >= 0.6 is 0 Å². The van der Waals surface area contributed by atoms with Crippen LogP contribution in [0, 0.1) is 5.92 Å². The molecule has 0 saturated heterocycles. The normalized spacial score (nSPS) is 14.2. The number of hydrogen-bond donors (Lipinski definition) is 2. The van der Waals surface area contributed by atoms with E-state index in [4.69, 9.17) is 10.5 Å². The van der Waals surface area contributed by atoms with Gasteiger partial charge in [0.05, 0.1) is 12.7 Å². The molecule has 0 fully saturated rings. The predicted molar refractivity (Wildman–Crippen MR) is 72.0 cm³/mol. The summed E-state index contributed by atoms with van der Waals surface area (Å²) in [5, 5.41) is 10.2. The fourth-order valence-electron chi connectivity index (χ4n) is 1.96. The molecule has 0 aliphatic rings. The SMILES string of the molecule is CCOc1cc(C(O)C(CC)CN)ccc1OC(F)F. The van der Waals surface area contributed by atoms with Crippen molar-refractivity contribution in [3.05, 3.63) is 23.8 Å². The van der Waals surface area contributed by atoms with Gasteiger partial charge >= 0.3 is 6.61 Å². The molecule has 0 amide bonds. The number of alkyl halides is 2. The van der Waals surface area contributed by atoms with E-state index >= 15 is 0 Å². The Morgan fingerprint density at radius 3 is 2.45 bits per heavy atom. The van der Waals surface area contributed by atoms with Gasteiger partial charge in [-0.15, -0.1) is 0 Å². The summed E-state index contributed by atoms with van der Waals surface area (Å²) in [5.74, 6) is 0.0566. The fraction of sp³-hybridized carbons (Fsp3) is 0.571. The van der Waals surface area contributed by atoms with Crippen LogP contribution in [0.3, 0.4) is 0 Å². The Morgan fingerprint density at radius 2 is 1.95 bits per heavy atom. The minimum absolute atomic E-state index is 0.0430. The molecule has 4 nitrogen and oxygen atoms in total. The highest BCUT2D eigenvalue weighted by Crippen LogP contribution is 2.34. The van der Waals surface area contributed by atoms with Crippen LogP contribution in [0.2, 0.25) is 0 Å². The summed E-state index contributed by atoms with van der Waals surface area (Å²) in [5.41, 5.74) is 6.18. The van der Waals surface area contributed by atoms with E-state index in [2.05, 4.69) is 4.74 Å². The van der Waals surface area contributed by atoms with Crippen LogP contribution in [0.25, 0.3) is 0 Å². The van der Waals surface area contributed by atoms with Gasteiger partial charge in [-0.05, 0) is 37.6 Å². The Morgan fingerprint density at radius 1 is 1.25 bits per heavy atom. The number of hydrogen-bond acceptors (Lipinski definition) is 4. The van der Waals surface area contributed by atoms with Gasteiger partial charge in [0, 0.05) is 5.92 Å². The van der Waals surface area contributed by atoms with Crippen molar-refractivity contribution in [2.24, 2.45) is 11.7 Å². The standard InChI is InChI=1S/C14H21F2NO3/c1-3-9(8-17)13(18)10-5-6-11(20-14(15)16)12(7-10)19-4-2/h5-7,9,13-14,18H,3-4,8,17H2,1-2H3. The Balaban J connectivity index is 3.02. The minimum Gasteiger partial charge on any atom is -0.490 e. The first kappa shape index (κ1) is 16.7. The first-order valence-electron chi connectivity index (χ1n) is 6.63. The maximum absolute atomic E-state index is 12.3. The van der Waals surface area contributed by atoms with Gasteiger partial charge in [-0.1, -0.05) is 13.0 Å². The van der Waals surface area contributed by atoms with Crippen LogP contribution in [0.15, 0.2) is 18.2 Å². The van der Waals surface area contributed by atoms with Crippen molar-refractivity contribution in [1.82, 2.24) is 0 Å². The van der Waals surface area contributed by atoms with E-state index in [1.807, 2.05) is 6.92 Å². The molecule has 0 saturated carbocycles. The van der Waals surface area contributed by atoms with Crippen LogP contribution in [0.1, 0.15) is 31.9 Å². The van der Waals surface area contributed by atoms with E-state index in [0.717, 1.165) is 6.42 Å². The lowest BCUT2D eigenvalue weighted by molar-refractivity contribution is -0.0514. The Hall–Kier alpha value is -1.40. The molecule has 0 aliphatic heterocycles. The number of halogens is 2.